The van der Waals surface area contributed by atoms with Gasteiger partial charge in [-0.15, -0.1) is 0 Å². The van der Waals surface area contributed by atoms with E-state index < -0.39 is 22.0 Å². The third kappa shape index (κ3) is 5.32. The van der Waals surface area contributed by atoms with Crippen LogP contribution in [0.2, 0.25) is 0 Å². The van der Waals surface area contributed by atoms with E-state index in [1.807, 2.05) is 19.1 Å². The molecule has 0 aliphatic rings. The maximum atomic E-state index is 12.8. The van der Waals surface area contributed by atoms with Crippen molar-refractivity contribution >= 4 is 38.9 Å². The van der Waals surface area contributed by atoms with Gasteiger partial charge in [0.25, 0.3) is 0 Å². The van der Waals surface area contributed by atoms with E-state index in [0.717, 1.165) is 21.7 Å². The van der Waals surface area contributed by atoms with E-state index in [0.29, 0.717) is 17.1 Å². The van der Waals surface area contributed by atoms with Crippen molar-refractivity contribution in [3.8, 4) is 0 Å². The molecular formula is C20H25N3O4S. The molecule has 0 unspecified atom stereocenters. The predicted molar refractivity (Wildman–Crippen MR) is 112 cm³/mol. The van der Waals surface area contributed by atoms with Crippen LogP contribution >= 0.6 is 0 Å². The molecule has 0 heterocycles. The molecule has 1 atom stereocenters. The minimum absolute atomic E-state index is 0.227. The molecule has 0 aromatic heterocycles. The van der Waals surface area contributed by atoms with Crippen molar-refractivity contribution < 1.29 is 18.0 Å². The number of hydrogen-bond acceptors (Lipinski definition) is 4. The molecule has 0 saturated carbocycles. The van der Waals surface area contributed by atoms with Gasteiger partial charge in [-0.25, -0.2) is 8.42 Å². The summed E-state index contributed by atoms with van der Waals surface area (Å²) >= 11 is 0. The maximum Gasteiger partial charge on any atom is 0.247 e. The second-order valence-corrected chi connectivity index (χ2v) is 8.64. The second kappa shape index (κ2) is 8.43. The van der Waals surface area contributed by atoms with Crippen LogP contribution in [-0.4, -0.2) is 32.5 Å². The number of amides is 2. The summed E-state index contributed by atoms with van der Waals surface area (Å²) < 4.78 is 26.1. The molecule has 0 saturated heterocycles. The van der Waals surface area contributed by atoms with Gasteiger partial charge < -0.3 is 10.6 Å². The Kier molecular flexibility index (Phi) is 6.45. The highest BCUT2D eigenvalue weighted by Gasteiger charge is 2.30. The molecule has 28 heavy (non-hydrogen) atoms. The van der Waals surface area contributed by atoms with Crippen LogP contribution in [0, 0.1) is 13.8 Å². The molecule has 8 heteroatoms. The number of carbonyl (C=O) groups excluding carboxylic acids is 2. The number of rotatable bonds is 6. The topological polar surface area (TPSA) is 95.6 Å². The number of nitrogens with zero attached hydrogens (tertiary/aromatic N) is 1. The average molecular weight is 404 g/mol. The van der Waals surface area contributed by atoms with Gasteiger partial charge in [0.15, 0.2) is 0 Å². The minimum atomic E-state index is -3.70. The predicted octanol–water partition coefficient (Wildman–Crippen LogP) is 3.06. The van der Waals surface area contributed by atoms with Gasteiger partial charge in [0.2, 0.25) is 21.8 Å². The van der Waals surface area contributed by atoms with Crippen LogP contribution in [0.25, 0.3) is 0 Å². The summed E-state index contributed by atoms with van der Waals surface area (Å²) in [6.45, 7) is 6.59. The van der Waals surface area contributed by atoms with Gasteiger partial charge in [-0.1, -0.05) is 18.2 Å². The van der Waals surface area contributed by atoms with Crippen molar-refractivity contribution in [3.63, 3.8) is 0 Å². The summed E-state index contributed by atoms with van der Waals surface area (Å²) in [6.07, 6.45) is 1.08. The summed E-state index contributed by atoms with van der Waals surface area (Å²) in [5.41, 5.74) is 3.11. The zero-order valence-corrected chi connectivity index (χ0v) is 17.4. The first-order chi connectivity index (χ1) is 13.0. The molecule has 0 radical (unpaired) electrons. The summed E-state index contributed by atoms with van der Waals surface area (Å²) in [7, 11) is -3.70. The number of carbonyl (C=O) groups is 2. The molecule has 2 aromatic carbocycles. The fourth-order valence-corrected chi connectivity index (χ4v) is 4.09. The van der Waals surface area contributed by atoms with E-state index in [2.05, 4.69) is 10.6 Å². The Morgan fingerprint density at radius 1 is 1.00 bits per heavy atom. The highest BCUT2D eigenvalue weighted by molar-refractivity contribution is 7.92. The smallest absolute Gasteiger partial charge is 0.247 e. The van der Waals surface area contributed by atoms with Crippen molar-refractivity contribution in [1.29, 1.82) is 0 Å². The lowest BCUT2D eigenvalue weighted by atomic mass is 10.1. The maximum absolute atomic E-state index is 12.8. The largest absolute Gasteiger partial charge is 0.326 e. The van der Waals surface area contributed by atoms with E-state index >= 15 is 0 Å². The first-order valence-corrected chi connectivity index (χ1v) is 10.6. The summed E-state index contributed by atoms with van der Waals surface area (Å²) in [5.74, 6) is -0.707. The van der Waals surface area contributed by atoms with Gasteiger partial charge in [-0.05, 0) is 56.2 Å². The van der Waals surface area contributed by atoms with Crippen molar-refractivity contribution in [2.45, 2.75) is 33.7 Å². The normalized spacial score (nSPS) is 12.2. The van der Waals surface area contributed by atoms with Crippen molar-refractivity contribution in [2.24, 2.45) is 0 Å². The van der Waals surface area contributed by atoms with Crippen LogP contribution in [0.15, 0.2) is 42.5 Å². The Morgan fingerprint density at radius 3 is 2.18 bits per heavy atom. The van der Waals surface area contributed by atoms with Crippen LogP contribution in [0.1, 0.15) is 25.0 Å². The van der Waals surface area contributed by atoms with Crippen LogP contribution in [0.3, 0.4) is 0 Å². The lowest BCUT2D eigenvalue weighted by Crippen LogP contribution is -2.45. The number of nitrogens with one attached hydrogen (secondary N) is 2. The van der Waals surface area contributed by atoms with E-state index in [-0.39, 0.29) is 5.91 Å². The minimum Gasteiger partial charge on any atom is -0.326 e. The fourth-order valence-electron chi connectivity index (χ4n) is 2.86. The van der Waals surface area contributed by atoms with E-state index in [9.17, 15) is 18.0 Å². The molecule has 7 nitrogen and oxygen atoms in total. The third-order valence-corrected chi connectivity index (χ3v) is 5.37. The van der Waals surface area contributed by atoms with Crippen LogP contribution in [-0.2, 0) is 19.6 Å². The first kappa shape index (κ1) is 21.4. The van der Waals surface area contributed by atoms with E-state index in [1.165, 1.54) is 13.8 Å². The zero-order valence-electron chi connectivity index (χ0n) is 16.6. The molecule has 0 aliphatic heterocycles. The fraction of sp³-hybridized carbons (Fsp3) is 0.300. The van der Waals surface area contributed by atoms with Gasteiger partial charge >= 0.3 is 0 Å². The lowest BCUT2D eigenvalue weighted by Gasteiger charge is -2.29. The van der Waals surface area contributed by atoms with Gasteiger partial charge in [0.1, 0.15) is 6.04 Å². The molecule has 0 spiro atoms. The second-order valence-electron chi connectivity index (χ2n) is 6.78. The van der Waals surface area contributed by atoms with Crippen LogP contribution in [0.4, 0.5) is 17.1 Å². The number of anilines is 3. The first-order valence-electron chi connectivity index (χ1n) is 8.74. The number of benzene rings is 2. The Bertz CT molecular complexity index is 1000. The molecular weight excluding hydrogens is 378 g/mol. The Labute approximate surface area is 165 Å². The molecule has 150 valence electrons. The van der Waals surface area contributed by atoms with Crippen LogP contribution < -0.4 is 14.9 Å². The molecule has 0 aliphatic carbocycles. The zero-order chi connectivity index (χ0) is 21.1. The molecule has 0 fully saturated rings. The SMILES string of the molecule is CC(=O)Nc1cccc(NC(=O)[C@@H](C)N(c2cc(C)ccc2C)S(C)(=O)=O)c1. The highest BCUT2D eigenvalue weighted by atomic mass is 32.2. The van der Waals surface area contributed by atoms with Gasteiger partial charge in [0.05, 0.1) is 11.9 Å². The standard InChI is InChI=1S/C20H25N3O4S/c1-13-9-10-14(2)19(11-13)23(28(5,26)27)15(3)20(25)22-18-8-6-7-17(12-18)21-16(4)24/h6-12,15H,1-5H3,(H,21,24)(H,22,25)/t15-/m1/s1. The monoisotopic (exact) mass is 403 g/mol. The Morgan fingerprint density at radius 2 is 1.61 bits per heavy atom. The Hall–Kier alpha value is -2.87. The lowest BCUT2D eigenvalue weighted by molar-refractivity contribution is -0.117. The number of hydrogen-bond donors (Lipinski definition) is 2. The molecule has 2 aromatic rings. The van der Waals surface area contributed by atoms with Crippen molar-refractivity contribution in [3.05, 3.63) is 53.6 Å². The number of sulfonamides is 1. The number of aryl methyl sites for hydroxylation is 2. The summed E-state index contributed by atoms with van der Waals surface area (Å²) in [4.78, 5) is 24.0. The van der Waals surface area contributed by atoms with Crippen LogP contribution in [0.5, 0.6) is 0 Å². The molecule has 0 bridgehead atoms. The van der Waals surface area contributed by atoms with Gasteiger partial charge in [-0.3, -0.25) is 13.9 Å². The summed E-state index contributed by atoms with van der Waals surface area (Å²) in [5, 5.41) is 5.35. The van der Waals surface area contributed by atoms with Gasteiger partial charge in [-0.2, -0.15) is 0 Å². The average Bonchev–Trinajstić information content (AvgIpc) is 2.56. The highest BCUT2D eigenvalue weighted by Crippen LogP contribution is 2.27. The van der Waals surface area contributed by atoms with E-state index in [1.54, 1.807) is 37.3 Å². The van der Waals surface area contributed by atoms with E-state index in [4.69, 9.17) is 0 Å². The third-order valence-electron chi connectivity index (χ3n) is 4.14. The summed E-state index contributed by atoms with van der Waals surface area (Å²) in [6, 6.07) is 11.1. The van der Waals surface area contributed by atoms with Crippen molar-refractivity contribution in [2.75, 3.05) is 21.2 Å². The molecule has 2 rings (SSSR count). The molecule has 2 N–H and O–H groups in total. The van der Waals surface area contributed by atoms with Crippen molar-refractivity contribution in [1.82, 2.24) is 0 Å². The van der Waals surface area contributed by atoms with Gasteiger partial charge in [0, 0.05) is 18.3 Å². The Balaban J connectivity index is 2.32. The quantitative estimate of drug-likeness (QED) is 0.775. The molecule has 2 amide bonds.